The number of aromatic nitrogens is 2. The van der Waals surface area contributed by atoms with Gasteiger partial charge in [-0.15, -0.1) is 0 Å². The van der Waals surface area contributed by atoms with Gasteiger partial charge in [-0.25, -0.2) is 0 Å². The Morgan fingerprint density at radius 1 is 1.47 bits per heavy atom. The Labute approximate surface area is 98.7 Å². The van der Waals surface area contributed by atoms with Gasteiger partial charge in [0.2, 0.25) is 0 Å². The van der Waals surface area contributed by atoms with Crippen LogP contribution in [0.2, 0.25) is 0 Å². The molecule has 1 aromatic heterocycles. The van der Waals surface area contributed by atoms with Gasteiger partial charge in [-0.1, -0.05) is 25.1 Å². The zero-order valence-electron chi connectivity index (χ0n) is 9.51. The van der Waals surface area contributed by atoms with E-state index in [4.69, 9.17) is 0 Å². The Kier molecular flexibility index (Phi) is 3.18. The average molecular weight is 231 g/mol. The SMILES string of the molecule is CCCNC(=O)c1cc2ccccc2n[n+]1[O-]. The monoisotopic (exact) mass is 231 g/mol. The van der Waals surface area contributed by atoms with Crippen molar-refractivity contribution in [3.63, 3.8) is 0 Å². The number of amides is 1. The van der Waals surface area contributed by atoms with E-state index in [0.717, 1.165) is 11.8 Å². The Balaban J connectivity index is 2.40. The lowest BCUT2D eigenvalue weighted by Crippen LogP contribution is -2.42. The maximum atomic E-state index is 11.7. The highest BCUT2D eigenvalue weighted by Crippen LogP contribution is 2.09. The van der Waals surface area contributed by atoms with E-state index in [1.54, 1.807) is 18.2 Å². The first kappa shape index (κ1) is 11.3. The first-order chi connectivity index (χ1) is 8.22. The molecular formula is C12H13N3O2. The summed E-state index contributed by atoms with van der Waals surface area (Å²) in [4.78, 5) is 12.1. The molecule has 0 fully saturated rings. The van der Waals surface area contributed by atoms with E-state index < -0.39 is 0 Å². The summed E-state index contributed by atoms with van der Waals surface area (Å²) in [7, 11) is 0. The second-order valence-corrected chi connectivity index (χ2v) is 3.72. The Hall–Kier alpha value is -2.17. The van der Waals surface area contributed by atoms with Crippen LogP contribution in [0.1, 0.15) is 23.8 Å². The molecule has 0 unspecified atom stereocenters. The third-order valence-electron chi connectivity index (χ3n) is 2.40. The highest BCUT2D eigenvalue weighted by atomic mass is 16.5. The van der Waals surface area contributed by atoms with Gasteiger partial charge in [-0.2, -0.15) is 0 Å². The molecule has 2 aromatic rings. The van der Waals surface area contributed by atoms with Crippen LogP contribution in [0.4, 0.5) is 0 Å². The summed E-state index contributed by atoms with van der Waals surface area (Å²) in [5.41, 5.74) is 0.603. The number of nitrogens with zero attached hydrogens (tertiary/aromatic N) is 2. The van der Waals surface area contributed by atoms with Crippen molar-refractivity contribution in [3.05, 3.63) is 41.2 Å². The van der Waals surface area contributed by atoms with Crippen LogP contribution in [-0.2, 0) is 0 Å². The number of benzene rings is 1. The van der Waals surface area contributed by atoms with Crippen molar-refractivity contribution in [1.29, 1.82) is 0 Å². The van der Waals surface area contributed by atoms with E-state index in [1.807, 2.05) is 19.1 Å². The molecule has 0 bridgehead atoms. The molecule has 1 heterocycles. The molecule has 0 saturated heterocycles. The normalized spacial score (nSPS) is 10.4. The fourth-order valence-electron chi connectivity index (χ4n) is 1.54. The van der Waals surface area contributed by atoms with Gasteiger partial charge in [-0.05, 0) is 17.3 Å². The second kappa shape index (κ2) is 4.78. The standard InChI is InChI=1S/C12H13N3O2/c1-2-7-13-12(16)11-8-9-5-3-4-6-10(9)14-15(11)17/h3-6,8H,2,7H2,1H3,(H,13,16). The van der Waals surface area contributed by atoms with Gasteiger partial charge in [0.05, 0.1) is 0 Å². The van der Waals surface area contributed by atoms with Crippen LogP contribution in [0.15, 0.2) is 30.3 Å². The van der Waals surface area contributed by atoms with Crippen molar-refractivity contribution in [2.75, 3.05) is 6.54 Å². The highest BCUT2D eigenvalue weighted by molar-refractivity contribution is 5.93. The maximum Gasteiger partial charge on any atom is 0.320 e. The number of carbonyl (C=O) groups is 1. The predicted octanol–water partition coefficient (Wildman–Crippen LogP) is 1.01. The van der Waals surface area contributed by atoms with Crippen molar-refractivity contribution < 1.29 is 9.64 Å². The minimum atomic E-state index is -0.389. The first-order valence-electron chi connectivity index (χ1n) is 5.50. The van der Waals surface area contributed by atoms with Gasteiger partial charge < -0.3 is 10.5 Å². The van der Waals surface area contributed by atoms with Crippen LogP contribution in [0.25, 0.3) is 10.9 Å². The van der Waals surface area contributed by atoms with Crippen LogP contribution in [0.3, 0.4) is 0 Å². The van der Waals surface area contributed by atoms with Gasteiger partial charge in [0.1, 0.15) is 5.52 Å². The van der Waals surface area contributed by atoms with Crippen molar-refractivity contribution in [1.82, 2.24) is 10.4 Å². The molecule has 17 heavy (non-hydrogen) atoms. The molecule has 0 atom stereocenters. The summed E-state index contributed by atoms with van der Waals surface area (Å²) in [6, 6.07) is 8.75. The van der Waals surface area contributed by atoms with Crippen LogP contribution in [-0.4, -0.2) is 17.6 Å². The van der Waals surface area contributed by atoms with E-state index in [1.165, 1.54) is 0 Å². The second-order valence-electron chi connectivity index (χ2n) is 3.72. The number of nitrogens with one attached hydrogen (secondary N) is 1. The molecule has 5 heteroatoms. The summed E-state index contributed by atoms with van der Waals surface area (Å²) >= 11 is 0. The molecule has 88 valence electrons. The molecule has 2 rings (SSSR count). The number of fused-ring (bicyclic) bond motifs is 1. The topological polar surface area (TPSA) is 68.9 Å². The summed E-state index contributed by atoms with van der Waals surface area (Å²) < 4.78 is 0. The molecule has 5 nitrogen and oxygen atoms in total. The largest absolute Gasteiger partial charge is 0.594 e. The quantitative estimate of drug-likeness (QED) is 0.633. The third kappa shape index (κ3) is 2.33. The van der Waals surface area contributed by atoms with Crippen LogP contribution in [0, 0.1) is 5.21 Å². The lowest BCUT2D eigenvalue weighted by atomic mass is 10.2. The van der Waals surface area contributed by atoms with Crippen molar-refractivity contribution >= 4 is 16.8 Å². The fourth-order valence-corrected chi connectivity index (χ4v) is 1.54. The molecule has 0 saturated carbocycles. The Morgan fingerprint density at radius 3 is 3.00 bits per heavy atom. The molecule has 0 aliphatic carbocycles. The molecule has 0 spiro atoms. The van der Waals surface area contributed by atoms with Gasteiger partial charge in [0, 0.05) is 23.1 Å². The minimum absolute atomic E-state index is 0.0251. The molecule has 1 N–H and O–H groups in total. The van der Waals surface area contributed by atoms with Gasteiger partial charge in [-0.3, -0.25) is 4.79 Å². The molecule has 0 aliphatic heterocycles. The van der Waals surface area contributed by atoms with E-state index >= 15 is 0 Å². The highest BCUT2D eigenvalue weighted by Gasteiger charge is 2.17. The summed E-state index contributed by atoms with van der Waals surface area (Å²) in [6.07, 6.45) is 0.825. The van der Waals surface area contributed by atoms with Crippen molar-refractivity contribution in [3.8, 4) is 0 Å². The predicted molar refractivity (Wildman–Crippen MR) is 63.3 cm³/mol. The van der Waals surface area contributed by atoms with Crippen LogP contribution in [0.5, 0.6) is 0 Å². The third-order valence-corrected chi connectivity index (χ3v) is 2.40. The zero-order chi connectivity index (χ0) is 12.3. The fraction of sp³-hybridized carbons (Fsp3) is 0.250. The lowest BCUT2D eigenvalue weighted by Gasteiger charge is -2.04. The molecule has 1 aromatic carbocycles. The number of hydrogen-bond donors (Lipinski definition) is 1. The van der Waals surface area contributed by atoms with Crippen molar-refractivity contribution in [2.45, 2.75) is 13.3 Å². The van der Waals surface area contributed by atoms with Crippen LogP contribution < -0.4 is 10.2 Å². The average Bonchev–Trinajstić information content (AvgIpc) is 2.35. The van der Waals surface area contributed by atoms with E-state index in [9.17, 15) is 10.0 Å². The van der Waals surface area contributed by atoms with Gasteiger partial charge in [0.25, 0.3) is 0 Å². The van der Waals surface area contributed by atoms with Crippen LogP contribution >= 0.6 is 0 Å². The van der Waals surface area contributed by atoms with E-state index in [0.29, 0.717) is 16.9 Å². The molecular weight excluding hydrogens is 218 g/mol. The van der Waals surface area contributed by atoms with E-state index in [2.05, 4.69) is 10.4 Å². The minimum Gasteiger partial charge on any atom is -0.594 e. The first-order valence-corrected chi connectivity index (χ1v) is 5.50. The van der Waals surface area contributed by atoms with Gasteiger partial charge >= 0.3 is 11.6 Å². The number of rotatable bonds is 3. The Bertz CT molecular complexity index is 554. The maximum absolute atomic E-state index is 11.7. The molecule has 1 amide bonds. The summed E-state index contributed by atoms with van der Waals surface area (Å²) in [5, 5.41) is 18.8. The lowest BCUT2D eigenvalue weighted by molar-refractivity contribution is -0.668. The van der Waals surface area contributed by atoms with Gasteiger partial charge in [0.15, 0.2) is 0 Å². The molecule has 0 aliphatic rings. The zero-order valence-corrected chi connectivity index (χ0v) is 9.51. The Morgan fingerprint density at radius 2 is 2.24 bits per heavy atom. The summed E-state index contributed by atoms with van der Waals surface area (Å²) in [6.45, 7) is 2.50. The molecule has 0 radical (unpaired) electrons. The smallest absolute Gasteiger partial charge is 0.320 e. The number of carbonyl (C=O) groups excluding carboxylic acids is 1. The van der Waals surface area contributed by atoms with E-state index in [-0.39, 0.29) is 11.6 Å². The summed E-state index contributed by atoms with van der Waals surface area (Å²) in [5.74, 6) is -0.389. The van der Waals surface area contributed by atoms with Crippen molar-refractivity contribution in [2.24, 2.45) is 0 Å². The number of hydrogen-bond acceptors (Lipinski definition) is 3.